The molecule has 2 rings (SSSR count). The molecule has 0 spiro atoms. The van der Waals surface area contributed by atoms with E-state index in [0.29, 0.717) is 13.0 Å². The summed E-state index contributed by atoms with van der Waals surface area (Å²) in [6.07, 6.45) is 4.35. The van der Waals surface area contributed by atoms with Crippen LogP contribution in [0.15, 0.2) is 12.3 Å². The third kappa shape index (κ3) is 1.91. The van der Waals surface area contributed by atoms with Crippen molar-refractivity contribution in [2.24, 2.45) is 5.92 Å². The van der Waals surface area contributed by atoms with E-state index in [4.69, 9.17) is 4.74 Å². The summed E-state index contributed by atoms with van der Waals surface area (Å²) in [5, 5.41) is 0. The Morgan fingerprint density at radius 1 is 1.36 bits per heavy atom. The third-order valence-electron chi connectivity index (χ3n) is 3.09. The van der Waals surface area contributed by atoms with Crippen molar-refractivity contribution < 1.29 is 9.53 Å². The van der Waals surface area contributed by atoms with Crippen LogP contribution in [0.4, 0.5) is 0 Å². The second-order valence-electron chi connectivity index (χ2n) is 4.12. The second-order valence-corrected chi connectivity index (χ2v) is 4.12. The summed E-state index contributed by atoms with van der Waals surface area (Å²) < 4.78 is 4.95. The van der Waals surface area contributed by atoms with Crippen molar-refractivity contribution in [3.8, 4) is 0 Å². The molecule has 3 nitrogen and oxygen atoms in total. The highest BCUT2D eigenvalue weighted by atomic mass is 16.5. The van der Waals surface area contributed by atoms with Crippen LogP contribution in [0.3, 0.4) is 0 Å². The minimum Gasteiger partial charge on any atom is -0.465 e. The molecule has 0 amide bonds. The number of esters is 1. The fourth-order valence-electron chi connectivity index (χ4n) is 2.17. The molecule has 3 heteroatoms. The lowest BCUT2D eigenvalue weighted by Gasteiger charge is -2.32. The lowest BCUT2D eigenvalue weighted by molar-refractivity contribution is -0.137. The largest absolute Gasteiger partial charge is 0.465 e. The molecule has 2 aliphatic rings. The lowest BCUT2D eigenvalue weighted by atomic mass is 10.0. The zero-order chi connectivity index (χ0) is 9.97. The van der Waals surface area contributed by atoms with E-state index in [1.165, 1.54) is 19.3 Å². The van der Waals surface area contributed by atoms with Gasteiger partial charge in [-0.2, -0.15) is 0 Å². The Balaban J connectivity index is 1.90. The summed E-state index contributed by atoms with van der Waals surface area (Å²) in [5.74, 6) is 0.161. The molecule has 1 atom stereocenters. The number of carbonyl (C=O) groups excluding carboxylic acids is 1. The highest BCUT2D eigenvalue weighted by molar-refractivity contribution is 5.72. The average Bonchev–Trinajstić information content (AvgIpc) is 2.65. The van der Waals surface area contributed by atoms with Gasteiger partial charge >= 0.3 is 5.97 Å². The van der Waals surface area contributed by atoms with E-state index in [-0.39, 0.29) is 11.9 Å². The van der Waals surface area contributed by atoms with Gasteiger partial charge in [0, 0.05) is 24.7 Å². The molecule has 0 bridgehead atoms. The van der Waals surface area contributed by atoms with Gasteiger partial charge in [0.05, 0.1) is 6.42 Å². The van der Waals surface area contributed by atoms with Crippen LogP contribution < -0.4 is 0 Å². The Hall–Kier alpha value is -0.990. The van der Waals surface area contributed by atoms with Crippen LogP contribution in [0.1, 0.15) is 25.7 Å². The monoisotopic (exact) mass is 195 g/mol. The van der Waals surface area contributed by atoms with Crippen LogP contribution in [0.5, 0.6) is 0 Å². The molecule has 78 valence electrons. The molecule has 2 saturated heterocycles. The van der Waals surface area contributed by atoms with Crippen LogP contribution in [0, 0.1) is 5.92 Å². The molecule has 2 heterocycles. The number of hydrogen-bond donors (Lipinski definition) is 0. The number of piperidine rings is 1. The molecule has 2 aliphatic heterocycles. The number of ether oxygens (including phenoxy) is 1. The molecule has 0 N–H and O–H groups in total. The predicted molar refractivity (Wildman–Crippen MR) is 53.6 cm³/mol. The van der Waals surface area contributed by atoms with Crippen LogP contribution in [0.2, 0.25) is 0 Å². The predicted octanol–water partition coefficient (Wildman–Crippen LogP) is 1.55. The molecule has 1 unspecified atom stereocenters. The Morgan fingerprint density at radius 2 is 2.07 bits per heavy atom. The molecule has 0 aliphatic carbocycles. The van der Waals surface area contributed by atoms with Crippen LogP contribution >= 0.6 is 0 Å². The first kappa shape index (κ1) is 9.56. The van der Waals surface area contributed by atoms with Crippen LogP contribution in [0.25, 0.3) is 0 Å². The summed E-state index contributed by atoms with van der Waals surface area (Å²) in [4.78, 5) is 13.3. The average molecular weight is 195 g/mol. The number of cyclic esters (lactones) is 1. The summed E-state index contributed by atoms with van der Waals surface area (Å²) in [5.41, 5.74) is 1.11. The fraction of sp³-hybridized carbons (Fsp3) is 0.727. The van der Waals surface area contributed by atoms with E-state index in [9.17, 15) is 4.79 Å². The molecule has 0 aromatic heterocycles. The first-order valence-electron chi connectivity index (χ1n) is 5.37. The van der Waals surface area contributed by atoms with Crippen molar-refractivity contribution in [1.29, 1.82) is 0 Å². The minimum atomic E-state index is -0.0758. The smallest absolute Gasteiger partial charge is 0.306 e. The van der Waals surface area contributed by atoms with Gasteiger partial charge in [-0.25, -0.2) is 0 Å². The molecule has 0 aromatic carbocycles. The normalized spacial score (nSPS) is 27.6. The summed E-state index contributed by atoms with van der Waals surface area (Å²) >= 11 is 0. The van der Waals surface area contributed by atoms with Crippen LogP contribution in [-0.2, 0) is 9.53 Å². The lowest BCUT2D eigenvalue weighted by Crippen LogP contribution is -2.32. The molecule has 2 fully saturated rings. The number of carbonyl (C=O) groups is 1. The topological polar surface area (TPSA) is 29.5 Å². The Morgan fingerprint density at radius 3 is 2.64 bits per heavy atom. The number of nitrogens with zero attached hydrogens (tertiary/aromatic N) is 1. The SMILES string of the molecule is C=C(C1COC(=O)C1)N1CCCCC1. The van der Waals surface area contributed by atoms with E-state index in [1.807, 2.05) is 0 Å². The standard InChI is InChI=1S/C11H17NO2/c1-9(10-7-11(13)14-8-10)12-5-3-2-4-6-12/h10H,1-8H2. The number of hydrogen-bond acceptors (Lipinski definition) is 3. The molecule has 0 radical (unpaired) electrons. The maximum atomic E-state index is 11.0. The Labute approximate surface area is 84.7 Å². The van der Waals surface area contributed by atoms with Gasteiger partial charge in [-0.3, -0.25) is 4.79 Å². The van der Waals surface area contributed by atoms with Crippen LogP contribution in [-0.4, -0.2) is 30.6 Å². The molecule has 14 heavy (non-hydrogen) atoms. The van der Waals surface area contributed by atoms with E-state index < -0.39 is 0 Å². The first-order valence-corrected chi connectivity index (χ1v) is 5.37. The highest BCUT2D eigenvalue weighted by Crippen LogP contribution is 2.26. The van der Waals surface area contributed by atoms with Crippen molar-refractivity contribution in [2.45, 2.75) is 25.7 Å². The number of likely N-dealkylation sites (tertiary alicyclic amines) is 1. The maximum absolute atomic E-state index is 11.0. The van der Waals surface area contributed by atoms with Gasteiger partial charge in [0.1, 0.15) is 6.61 Å². The maximum Gasteiger partial charge on any atom is 0.306 e. The molecular weight excluding hydrogens is 178 g/mol. The van der Waals surface area contributed by atoms with Gasteiger partial charge in [-0.15, -0.1) is 0 Å². The first-order chi connectivity index (χ1) is 6.77. The van der Waals surface area contributed by atoms with Gasteiger partial charge < -0.3 is 9.64 Å². The van der Waals surface area contributed by atoms with Gasteiger partial charge in [0.2, 0.25) is 0 Å². The van der Waals surface area contributed by atoms with Crippen molar-refractivity contribution in [3.05, 3.63) is 12.3 Å². The summed E-state index contributed by atoms with van der Waals surface area (Å²) in [7, 11) is 0. The molecule has 0 aromatic rings. The molecule has 0 saturated carbocycles. The van der Waals surface area contributed by atoms with Crippen molar-refractivity contribution in [1.82, 2.24) is 4.90 Å². The van der Waals surface area contributed by atoms with Gasteiger partial charge in [-0.1, -0.05) is 6.58 Å². The van der Waals surface area contributed by atoms with E-state index in [2.05, 4.69) is 11.5 Å². The van der Waals surface area contributed by atoms with Gasteiger partial charge in [0.15, 0.2) is 0 Å². The zero-order valence-corrected chi connectivity index (χ0v) is 8.50. The van der Waals surface area contributed by atoms with Gasteiger partial charge in [-0.05, 0) is 19.3 Å². The Kier molecular flexibility index (Phi) is 2.75. The zero-order valence-electron chi connectivity index (χ0n) is 8.50. The van der Waals surface area contributed by atoms with Crippen molar-refractivity contribution >= 4 is 5.97 Å². The third-order valence-corrected chi connectivity index (χ3v) is 3.09. The van der Waals surface area contributed by atoms with Gasteiger partial charge in [0.25, 0.3) is 0 Å². The minimum absolute atomic E-state index is 0.0758. The fourth-order valence-corrected chi connectivity index (χ4v) is 2.17. The van der Waals surface area contributed by atoms with E-state index in [0.717, 1.165) is 18.8 Å². The second kappa shape index (κ2) is 4.03. The highest BCUT2D eigenvalue weighted by Gasteiger charge is 2.29. The summed E-state index contributed by atoms with van der Waals surface area (Å²) in [6, 6.07) is 0. The molecular formula is C11H17NO2. The number of rotatable bonds is 2. The van der Waals surface area contributed by atoms with Crippen molar-refractivity contribution in [3.63, 3.8) is 0 Å². The van der Waals surface area contributed by atoms with E-state index in [1.54, 1.807) is 0 Å². The summed E-state index contributed by atoms with van der Waals surface area (Å²) in [6.45, 7) is 6.83. The van der Waals surface area contributed by atoms with E-state index >= 15 is 0 Å². The Bertz CT molecular complexity index is 244. The quantitative estimate of drug-likeness (QED) is 0.626. The van der Waals surface area contributed by atoms with Crippen molar-refractivity contribution in [2.75, 3.05) is 19.7 Å².